The van der Waals surface area contributed by atoms with Gasteiger partial charge in [-0.1, -0.05) is 30.5 Å². The number of hydrogen-bond acceptors (Lipinski definition) is 5. The van der Waals surface area contributed by atoms with Crippen molar-refractivity contribution in [2.75, 3.05) is 6.61 Å². The Bertz CT molecular complexity index is 746. The van der Waals surface area contributed by atoms with Gasteiger partial charge in [0.25, 0.3) is 0 Å². The summed E-state index contributed by atoms with van der Waals surface area (Å²) in [5.41, 5.74) is 0.968. The average Bonchev–Trinajstić information content (AvgIpc) is 2.91. The van der Waals surface area contributed by atoms with Crippen LogP contribution in [0.4, 0.5) is 0 Å². The first-order chi connectivity index (χ1) is 12.4. The highest BCUT2D eigenvalue weighted by Gasteiger charge is 2.53. The summed E-state index contributed by atoms with van der Waals surface area (Å²) < 4.78 is 33.2. The fourth-order valence-electron chi connectivity index (χ4n) is 4.23. The average molecular weight is 381 g/mol. The first kappa shape index (κ1) is 19.3. The molecule has 1 aromatic carbocycles. The van der Waals surface area contributed by atoms with Gasteiger partial charge in [0.05, 0.1) is 17.6 Å². The summed E-state index contributed by atoms with van der Waals surface area (Å²) in [5.74, 6) is -0.754. The lowest BCUT2D eigenvalue weighted by Crippen LogP contribution is -2.46. The summed E-state index contributed by atoms with van der Waals surface area (Å²) in [4.78, 5) is 12.7. The van der Waals surface area contributed by atoms with Crippen molar-refractivity contribution in [2.45, 2.75) is 69.0 Å². The van der Waals surface area contributed by atoms with Gasteiger partial charge in [-0.2, -0.15) is 4.31 Å². The number of aryl methyl sites for hydroxylation is 1. The Kier molecular flexibility index (Phi) is 5.69. The predicted molar refractivity (Wildman–Crippen MR) is 97.0 cm³/mol. The van der Waals surface area contributed by atoms with Crippen LogP contribution in [0, 0.1) is 12.8 Å². The molecule has 1 heterocycles. The third-order valence-electron chi connectivity index (χ3n) is 5.52. The number of sulfonamides is 1. The number of benzene rings is 1. The molecule has 0 unspecified atom stereocenters. The molecular formula is C19H27NO5S. The molecule has 4 atom stereocenters. The van der Waals surface area contributed by atoms with E-state index in [-0.39, 0.29) is 23.5 Å². The second kappa shape index (κ2) is 7.66. The first-order valence-electron chi connectivity index (χ1n) is 9.31. The highest BCUT2D eigenvalue weighted by molar-refractivity contribution is 7.89. The predicted octanol–water partition coefficient (Wildman–Crippen LogP) is 2.24. The van der Waals surface area contributed by atoms with Crippen LogP contribution in [0.1, 0.15) is 44.6 Å². The highest BCUT2D eigenvalue weighted by atomic mass is 32.2. The summed E-state index contributed by atoms with van der Waals surface area (Å²) in [6.45, 7) is 3.80. The van der Waals surface area contributed by atoms with Gasteiger partial charge < -0.3 is 9.84 Å². The van der Waals surface area contributed by atoms with Gasteiger partial charge in [0, 0.05) is 12.0 Å². The van der Waals surface area contributed by atoms with Gasteiger partial charge in [-0.15, -0.1) is 0 Å². The van der Waals surface area contributed by atoms with Gasteiger partial charge >= 0.3 is 5.97 Å². The van der Waals surface area contributed by atoms with Crippen molar-refractivity contribution in [2.24, 2.45) is 5.92 Å². The summed E-state index contributed by atoms with van der Waals surface area (Å²) in [7, 11) is -3.86. The molecule has 1 aliphatic heterocycles. The number of nitrogens with zero attached hydrogens (tertiary/aromatic N) is 1. The van der Waals surface area contributed by atoms with Crippen LogP contribution in [0.2, 0.25) is 0 Å². The van der Waals surface area contributed by atoms with Crippen molar-refractivity contribution in [1.29, 1.82) is 0 Å². The Labute approximate surface area is 155 Å². The number of esters is 1. The lowest BCUT2D eigenvalue weighted by Gasteiger charge is -2.30. The molecule has 2 fully saturated rings. The molecule has 1 saturated carbocycles. The number of carbonyl (C=O) groups is 1. The fourth-order valence-corrected chi connectivity index (χ4v) is 6.08. The minimum atomic E-state index is -3.86. The second-order valence-electron chi connectivity index (χ2n) is 7.23. The maximum atomic E-state index is 13.4. The van der Waals surface area contributed by atoms with Crippen LogP contribution in [0.5, 0.6) is 0 Å². The monoisotopic (exact) mass is 381 g/mol. The molecule has 0 radical (unpaired) electrons. The summed E-state index contributed by atoms with van der Waals surface area (Å²) in [6.07, 6.45) is 2.75. The quantitative estimate of drug-likeness (QED) is 0.809. The summed E-state index contributed by atoms with van der Waals surface area (Å²) >= 11 is 0. The molecule has 0 spiro atoms. The van der Waals surface area contributed by atoms with Crippen LogP contribution in [-0.4, -0.2) is 48.6 Å². The molecule has 3 rings (SSSR count). The van der Waals surface area contributed by atoms with Gasteiger partial charge in [-0.3, -0.25) is 4.79 Å². The van der Waals surface area contributed by atoms with E-state index in [0.29, 0.717) is 19.3 Å². The number of ether oxygens (including phenoxy) is 1. The van der Waals surface area contributed by atoms with E-state index >= 15 is 0 Å². The van der Waals surface area contributed by atoms with Crippen molar-refractivity contribution in [3.63, 3.8) is 0 Å². The van der Waals surface area contributed by atoms with E-state index in [9.17, 15) is 18.3 Å². The first-order valence-corrected chi connectivity index (χ1v) is 10.7. The molecule has 2 aliphatic rings. The van der Waals surface area contributed by atoms with Crippen molar-refractivity contribution in [3.8, 4) is 0 Å². The Morgan fingerprint density at radius 3 is 2.54 bits per heavy atom. The lowest BCUT2D eigenvalue weighted by molar-refractivity contribution is -0.147. The van der Waals surface area contributed by atoms with Crippen LogP contribution in [0.3, 0.4) is 0 Å². The molecular weight excluding hydrogens is 354 g/mol. The molecule has 1 N–H and O–H groups in total. The number of rotatable bonds is 4. The molecule has 1 aromatic rings. The molecule has 7 heteroatoms. The molecule has 1 aliphatic carbocycles. The smallest absolute Gasteiger partial charge is 0.324 e. The van der Waals surface area contributed by atoms with Crippen LogP contribution in [0.15, 0.2) is 29.2 Å². The van der Waals surface area contributed by atoms with Crippen LogP contribution in [0.25, 0.3) is 0 Å². The van der Waals surface area contributed by atoms with Gasteiger partial charge in [0.15, 0.2) is 0 Å². The number of hydrogen-bond donors (Lipinski definition) is 1. The standard InChI is InChI=1S/C19H27NO5S/c1-3-25-19(22)17-12-15-16(6-4-5-7-18(15)21)20(17)26(23,24)14-10-8-13(2)9-11-14/h8-11,15-18,21H,3-7,12H2,1-2H3/t15-,16-,17-,18+/m0/s1. The molecule has 0 amide bonds. The molecule has 0 aromatic heterocycles. The van der Waals surface area contributed by atoms with Crippen molar-refractivity contribution in [3.05, 3.63) is 29.8 Å². The number of aliphatic hydroxyl groups excluding tert-OH is 1. The van der Waals surface area contributed by atoms with Crippen LogP contribution in [-0.2, 0) is 19.6 Å². The number of aliphatic hydroxyl groups is 1. The molecule has 1 saturated heterocycles. The van der Waals surface area contributed by atoms with E-state index in [4.69, 9.17) is 4.74 Å². The highest BCUT2D eigenvalue weighted by Crippen LogP contribution is 2.42. The number of carbonyl (C=O) groups excluding carboxylic acids is 1. The van der Waals surface area contributed by atoms with Crippen molar-refractivity contribution in [1.82, 2.24) is 4.31 Å². The third-order valence-corrected chi connectivity index (χ3v) is 7.47. The SMILES string of the molecule is CCOC(=O)[C@@H]1C[C@@H]2[C@H](O)CCCC[C@@H]2N1S(=O)(=O)c1ccc(C)cc1. The van der Waals surface area contributed by atoms with Crippen LogP contribution >= 0.6 is 0 Å². The zero-order valence-electron chi connectivity index (χ0n) is 15.3. The molecule has 6 nitrogen and oxygen atoms in total. The van der Waals surface area contributed by atoms with E-state index in [1.165, 1.54) is 4.31 Å². The second-order valence-corrected chi connectivity index (χ2v) is 9.08. The fraction of sp³-hybridized carbons (Fsp3) is 0.632. The van der Waals surface area contributed by atoms with E-state index < -0.39 is 28.1 Å². The normalized spacial score (nSPS) is 29.8. The Morgan fingerprint density at radius 2 is 1.88 bits per heavy atom. The zero-order valence-corrected chi connectivity index (χ0v) is 16.1. The van der Waals surface area contributed by atoms with E-state index in [0.717, 1.165) is 18.4 Å². The maximum Gasteiger partial charge on any atom is 0.324 e. The van der Waals surface area contributed by atoms with Crippen molar-refractivity contribution < 1.29 is 23.1 Å². The largest absolute Gasteiger partial charge is 0.465 e. The minimum absolute atomic E-state index is 0.178. The summed E-state index contributed by atoms with van der Waals surface area (Å²) in [6, 6.07) is 5.42. The van der Waals surface area contributed by atoms with E-state index in [1.54, 1.807) is 31.2 Å². The lowest BCUT2D eigenvalue weighted by atomic mass is 9.92. The Morgan fingerprint density at radius 1 is 1.23 bits per heavy atom. The van der Waals surface area contributed by atoms with Crippen LogP contribution < -0.4 is 0 Å². The topological polar surface area (TPSA) is 83.9 Å². The Balaban J connectivity index is 2.03. The number of fused-ring (bicyclic) bond motifs is 1. The molecule has 144 valence electrons. The zero-order chi connectivity index (χ0) is 18.9. The van der Waals surface area contributed by atoms with Crippen molar-refractivity contribution >= 4 is 16.0 Å². The maximum absolute atomic E-state index is 13.4. The molecule has 0 bridgehead atoms. The van der Waals surface area contributed by atoms with Gasteiger partial charge in [-0.05, 0) is 45.2 Å². The minimum Gasteiger partial charge on any atom is -0.465 e. The van der Waals surface area contributed by atoms with Gasteiger partial charge in [0.2, 0.25) is 10.0 Å². The molecule has 26 heavy (non-hydrogen) atoms. The van der Waals surface area contributed by atoms with E-state index in [1.807, 2.05) is 6.92 Å². The Hall–Kier alpha value is -1.44. The van der Waals surface area contributed by atoms with E-state index in [2.05, 4.69) is 0 Å². The van der Waals surface area contributed by atoms with Gasteiger partial charge in [-0.25, -0.2) is 8.42 Å². The van der Waals surface area contributed by atoms with Gasteiger partial charge in [0.1, 0.15) is 6.04 Å². The third kappa shape index (κ3) is 3.52. The summed E-state index contributed by atoms with van der Waals surface area (Å²) in [5, 5.41) is 10.5.